The van der Waals surface area contributed by atoms with Gasteiger partial charge in [-0.05, 0) is 59.7 Å². The molecule has 1 N–H and O–H groups in total. The van der Waals surface area contributed by atoms with Gasteiger partial charge in [0.15, 0.2) is 0 Å². The molecule has 0 unspecified atom stereocenters. The minimum absolute atomic E-state index is 0.191. The van der Waals surface area contributed by atoms with E-state index in [1.165, 1.54) is 12.5 Å². The van der Waals surface area contributed by atoms with E-state index in [0.29, 0.717) is 19.4 Å². The predicted molar refractivity (Wildman–Crippen MR) is 104 cm³/mol. The minimum Gasteiger partial charge on any atom is -0.493 e. The molecule has 0 bridgehead atoms. The first-order valence-corrected chi connectivity index (χ1v) is 9.11. The van der Waals surface area contributed by atoms with Crippen LogP contribution in [0.1, 0.15) is 31.7 Å². The number of carbonyl (C=O) groups excluding carboxylic acids is 1. The molecule has 1 aromatic heterocycles. The summed E-state index contributed by atoms with van der Waals surface area (Å²) in [6, 6.07) is 14.6. The van der Waals surface area contributed by atoms with Crippen LogP contribution in [0.25, 0.3) is 22.0 Å². The highest BCUT2D eigenvalue weighted by Gasteiger charge is 2.10. The van der Waals surface area contributed by atoms with E-state index in [1.54, 1.807) is 0 Å². The molecule has 26 heavy (non-hydrogen) atoms. The van der Waals surface area contributed by atoms with E-state index >= 15 is 0 Å². The maximum atomic E-state index is 11.4. The molecule has 0 fully saturated rings. The monoisotopic (exact) mass is 351 g/mol. The first kappa shape index (κ1) is 18.1. The van der Waals surface area contributed by atoms with Crippen LogP contribution >= 0.6 is 0 Å². The number of hydrogen-bond acceptors (Lipinski definition) is 3. The van der Waals surface area contributed by atoms with Gasteiger partial charge in [0, 0.05) is 23.7 Å². The van der Waals surface area contributed by atoms with Crippen molar-refractivity contribution in [1.29, 1.82) is 0 Å². The van der Waals surface area contributed by atoms with E-state index in [-0.39, 0.29) is 5.97 Å². The number of nitrogens with one attached hydrogen (secondary N) is 1. The average molecular weight is 351 g/mol. The molecule has 2 aromatic carbocycles. The summed E-state index contributed by atoms with van der Waals surface area (Å²) < 4.78 is 10.8. The number of benzene rings is 2. The molecule has 4 heteroatoms. The van der Waals surface area contributed by atoms with Crippen LogP contribution < -0.4 is 4.74 Å². The number of aromatic amines is 1. The highest BCUT2D eigenvalue weighted by molar-refractivity contribution is 5.86. The van der Waals surface area contributed by atoms with Crippen LogP contribution in [-0.2, 0) is 16.0 Å². The molecule has 4 nitrogen and oxygen atoms in total. The van der Waals surface area contributed by atoms with Crippen molar-refractivity contribution in [3.63, 3.8) is 0 Å². The maximum Gasteiger partial charge on any atom is 0.305 e. The molecule has 136 valence electrons. The molecule has 0 spiro atoms. The number of fused-ring (bicyclic) bond motifs is 1. The number of aromatic nitrogens is 1. The normalized spacial score (nSPS) is 10.8. The third kappa shape index (κ3) is 4.26. The van der Waals surface area contributed by atoms with Gasteiger partial charge in [-0.2, -0.15) is 0 Å². The smallest absolute Gasteiger partial charge is 0.305 e. The number of esters is 1. The number of ether oxygens (including phenoxy) is 2. The van der Waals surface area contributed by atoms with E-state index < -0.39 is 0 Å². The lowest BCUT2D eigenvalue weighted by atomic mass is 9.99. The van der Waals surface area contributed by atoms with Gasteiger partial charge >= 0.3 is 5.97 Å². The second-order valence-corrected chi connectivity index (χ2v) is 6.39. The van der Waals surface area contributed by atoms with Crippen molar-refractivity contribution in [2.75, 3.05) is 13.7 Å². The van der Waals surface area contributed by atoms with Crippen molar-refractivity contribution in [3.05, 3.63) is 54.2 Å². The molecule has 0 radical (unpaired) electrons. The fourth-order valence-electron chi connectivity index (χ4n) is 2.98. The third-order valence-corrected chi connectivity index (χ3v) is 4.51. The van der Waals surface area contributed by atoms with Gasteiger partial charge in [0.2, 0.25) is 0 Å². The van der Waals surface area contributed by atoms with Crippen LogP contribution in [0.5, 0.6) is 5.75 Å². The summed E-state index contributed by atoms with van der Waals surface area (Å²) in [4.78, 5) is 14.7. The Labute approximate surface area is 154 Å². The fourth-order valence-corrected chi connectivity index (χ4v) is 2.98. The number of aryl methyl sites for hydroxylation is 1. The zero-order valence-electron chi connectivity index (χ0n) is 15.4. The number of unbranched alkanes of at least 4 members (excludes halogenated alkanes) is 1. The first-order chi connectivity index (χ1) is 12.7. The number of methoxy groups -OCH3 is 1. The Hall–Kier alpha value is -2.75. The molecule has 0 atom stereocenters. The van der Waals surface area contributed by atoms with Crippen molar-refractivity contribution < 1.29 is 14.3 Å². The van der Waals surface area contributed by atoms with Crippen LogP contribution in [0.4, 0.5) is 0 Å². The summed E-state index contributed by atoms with van der Waals surface area (Å²) in [7, 11) is 1.42. The molecule has 0 saturated heterocycles. The number of H-pyrrole nitrogens is 1. The summed E-state index contributed by atoms with van der Waals surface area (Å²) >= 11 is 0. The van der Waals surface area contributed by atoms with E-state index in [4.69, 9.17) is 9.47 Å². The lowest BCUT2D eigenvalue weighted by Gasteiger charge is -2.14. The van der Waals surface area contributed by atoms with Gasteiger partial charge in [-0.3, -0.25) is 4.79 Å². The molecular formula is C22H25NO3. The van der Waals surface area contributed by atoms with Gasteiger partial charge < -0.3 is 14.5 Å². The summed E-state index contributed by atoms with van der Waals surface area (Å²) in [6.07, 6.45) is 5.10. The molecular weight excluding hydrogens is 326 g/mol. The highest BCUT2D eigenvalue weighted by Crippen LogP contribution is 2.33. The molecule has 0 aliphatic heterocycles. The molecule has 3 aromatic rings. The van der Waals surface area contributed by atoms with E-state index in [1.807, 2.05) is 18.3 Å². The summed E-state index contributed by atoms with van der Waals surface area (Å²) in [6.45, 7) is 2.86. The second kappa shape index (κ2) is 8.56. The Balaban J connectivity index is 1.92. The van der Waals surface area contributed by atoms with Crippen LogP contribution in [0.2, 0.25) is 0 Å². The molecule has 0 amide bonds. The molecule has 1 heterocycles. The van der Waals surface area contributed by atoms with Crippen LogP contribution in [0.3, 0.4) is 0 Å². The number of hydrogen-bond donors (Lipinski definition) is 1. The number of carbonyl (C=O) groups is 1. The Bertz CT molecular complexity index is 882. The SMILES string of the molecule is CCCCOc1ccc(CCC(=O)OC)cc1-c1ccc2[nH]ccc2c1. The lowest BCUT2D eigenvalue weighted by molar-refractivity contribution is -0.140. The maximum absolute atomic E-state index is 11.4. The van der Waals surface area contributed by atoms with Gasteiger partial charge in [0.05, 0.1) is 13.7 Å². The first-order valence-electron chi connectivity index (χ1n) is 9.11. The largest absolute Gasteiger partial charge is 0.493 e. The van der Waals surface area contributed by atoms with Gasteiger partial charge in [-0.1, -0.05) is 25.5 Å². The molecule has 0 aliphatic rings. The quantitative estimate of drug-likeness (QED) is 0.453. The van der Waals surface area contributed by atoms with Gasteiger partial charge in [0.1, 0.15) is 5.75 Å². The van der Waals surface area contributed by atoms with Crippen molar-refractivity contribution in [2.45, 2.75) is 32.6 Å². The fraction of sp³-hybridized carbons (Fsp3) is 0.318. The van der Waals surface area contributed by atoms with E-state index in [2.05, 4.69) is 42.2 Å². The van der Waals surface area contributed by atoms with E-state index in [0.717, 1.165) is 40.8 Å². The molecule has 0 aliphatic carbocycles. The van der Waals surface area contributed by atoms with E-state index in [9.17, 15) is 4.79 Å². The lowest BCUT2D eigenvalue weighted by Crippen LogP contribution is -2.03. The summed E-state index contributed by atoms with van der Waals surface area (Å²) in [5, 5.41) is 1.17. The number of rotatable bonds is 8. The Morgan fingerprint density at radius 1 is 1.12 bits per heavy atom. The second-order valence-electron chi connectivity index (χ2n) is 6.39. The van der Waals surface area contributed by atoms with Crippen LogP contribution in [0.15, 0.2) is 48.7 Å². The van der Waals surface area contributed by atoms with Gasteiger partial charge in [-0.25, -0.2) is 0 Å². The third-order valence-electron chi connectivity index (χ3n) is 4.51. The summed E-state index contributed by atoms with van der Waals surface area (Å²) in [5.41, 5.74) is 4.39. The van der Waals surface area contributed by atoms with Crippen molar-refractivity contribution in [3.8, 4) is 16.9 Å². The van der Waals surface area contributed by atoms with Crippen molar-refractivity contribution in [1.82, 2.24) is 4.98 Å². The summed E-state index contributed by atoms with van der Waals surface area (Å²) in [5.74, 6) is 0.693. The minimum atomic E-state index is -0.191. The Morgan fingerprint density at radius 3 is 2.81 bits per heavy atom. The zero-order chi connectivity index (χ0) is 18.4. The zero-order valence-corrected chi connectivity index (χ0v) is 15.4. The highest BCUT2D eigenvalue weighted by atomic mass is 16.5. The van der Waals surface area contributed by atoms with Crippen molar-refractivity contribution >= 4 is 16.9 Å². The Morgan fingerprint density at radius 2 is 2.00 bits per heavy atom. The average Bonchev–Trinajstić information content (AvgIpc) is 3.14. The van der Waals surface area contributed by atoms with Crippen LogP contribution in [-0.4, -0.2) is 24.7 Å². The standard InChI is InChI=1S/C22H25NO3/c1-3-4-13-26-21-9-5-16(6-10-22(24)25-2)14-19(21)17-7-8-20-18(15-17)11-12-23-20/h5,7-9,11-12,14-15,23H,3-4,6,10,13H2,1-2H3. The molecule has 0 saturated carbocycles. The van der Waals surface area contributed by atoms with Crippen molar-refractivity contribution in [2.24, 2.45) is 0 Å². The van der Waals surface area contributed by atoms with Gasteiger partial charge in [0.25, 0.3) is 0 Å². The Kier molecular flexibility index (Phi) is 5.95. The topological polar surface area (TPSA) is 51.3 Å². The predicted octanol–water partition coefficient (Wildman–Crippen LogP) is 5.12. The van der Waals surface area contributed by atoms with Gasteiger partial charge in [-0.15, -0.1) is 0 Å². The van der Waals surface area contributed by atoms with Crippen LogP contribution in [0, 0.1) is 0 Å². The molecule has 3 rings (SSSR count).